The van der Waals surface area contributed by atoms with Crippen molar-refractivity contribution in [2.24, 2.45) is 5.92 Å². The van der Waals surface area contributed by atoms with Crippen molar-refractivity contribution in [2.75, 3.05) is 26.2 Å². The number of nitrogens with one attached hydrogen (secondary N) is 1. The molecule has 7 heteroatoms. The van der Waals surface area contributed by atoms with Gasteiger partial charge in [0.2, 0.25) is 0 Å². The standard InChI is InChI=1S/C17H24ClF3N2.ClH/c1-3-4-12(2)16(23-9-7-22-8-10-23)14-6-5-13(18)11-15(14)17(19,20)21;/h5-6,11-12,16,22H,3-4,7-10H2,1-2H3;1H/t12?,16-;/m1./s1. The van der Waals surface area contributed by atoms with Crippen LogP contribution in [0.4, 0.5) is 13.2 Å². The van der Waals surface area contributed by atoms with E-state index in [0.717, 1.165) is 45.1 Å². The van der Waals surface area contributed by atoms with Crippen LogP contribution in [0.15, 0.2) is 18.2 Å². The molecule has 24 heavy (non-hydrogen) atoms. The molecule has 1 fully saturated rings. The van der Waals surface area contributed by atoms with Gasteiger partial charge in [0.25, 0.3) is 0 Å². The fourth-order valence-corrected chi connectivity index (χ4v) is 3.64. The second kappa shape index (κ2) is 9.27. The third-order valence-electron chi connectivity index (χ3n) is 4.47. The van der Waals surface area contributed by atoms with Gasteiger partial charge < -0.3 is 5.32 Å². The summed E-state index contributed by atoms with van der Waals surface area (Å²) in [6.07, 6.45) is -2.54. The smallest absolute Gasteiger partial charge is 0.314 e. The molecule has 1 aromatic rings. The molecule has 2 atom stereocenters. The van der Waals surface area contributed by atoms with Gasteiger partial charge in [0.1, 0.15) is 0 Å². The molecule has 1 aromatic carbocycles. The summed E-state index contributed by atoms with van der Waals surface area (Å²) < 4.78 is 40.5. The Morgan fingerprint density at radius 1 is 1.25 bits per heavy atom. The molecular formula is C17H25Cl2F3N2. The SMILES string of the molecule is CCCC(C)[C@H](c1ccc(Cl)cc1C(F)(F)F)N1CCNCC1.Cl. The lowest BCUT2D eigenvalue weighted by molar-refractivity contribution is -0.139. The van der Waals surface area contributed by atoms with Crippen LogP contribution in [0.25, 0.3) is 0 Å². The lowest BCUT2D eigenvalue weighted by Gasteiger charge is -2.39. The predicted molar refractivity (Wildman–Crippen MR) is 95.0 cm³/mol. The van der Waals surface area contributed by atoms with Crippen molar-refractivity contribution in [3.63, 3.8) is 0 Å². The zero-order valence-corrected chi connectivity index (χ0v) is 15.6. The van der Waals surface area contributed by atoms with E-state index in [9.17, 15) is 13.2 Å². The molecule has 0 amide bonds. The van der Waals surface area contributed by atoms with E-state index in [4.69, 9.17) is 11.6 Å². The van der Waals surface area contributed by atoms with Crippen molar-refractivity contribution >= 4 is 24.0 Å². The zero-order chi connectivity index (χ0) is 17.0. The Hall–Kier alpha value is -0.490. The second-order valence-corrected chi connectivity index (χ2v) is 6.66. The quantitative estimate of drug-likeness (QED) is 0.753. The Labute approximate surface area is 153 Å². The molecule has 0 radical (unpaired) electrons. The molecule has 1 aliphatic heterocycles. The molecule has 0 bridgehead atoms. The summed E-state index contributed by atoms with van der Waals surface area (Å²) in [6, 6.07) is 3.96. The minimum atomic E-state index is -4.39. The van der Waals surface area contributed by atoms with Gasteiger partial charge in [-0.25, -0.2) is 0 Å². The first-order valence-corrected chi connectivity index (χ1v) is 8.53. The molecule has 138 valence electrons. The van der Waals surface area contributed by atoms with Gasteiger partial charge in [-0.3, -0.25) is 4.90 Å². The number of hydrogen-bond acceptors (Lipinski definition) is 2. The van der Waals surface area contributed by atoms with Crippen molar-refractivity contribution in [3.8, 4) is 0 Å². The first-order valence-electron chi connectivity index (χ1n) is 8.16. The Balaban J connectivity index is 0.00000288. The van der Waals surface area contributed by atoms with E-state index in [0.29, 0.717) is 5.56 Å². The van der Waals surface area contributed by atoms with E-state index in [2.05, 4.69) is 17.1 Å². The van der Waals surface area contributed by atoms with Crippen LogP contribution in [0, 0.1) is 5.92 Å². The molecule has 0 aromatic heterocycles. The normalized spacial score (nSPS) is 18.8. The van der Waals surface area contributed by atoms with Gasteiger partial charge in [-0.2, -0.15) is 13.2 Å². The van der Waals surface area contributed by atoms with E-state index in [1.165, 1.54) is 0 Å². The Morgan fingerprint density at radius 3 is 2.42 bits per heavy atom. The minimum Gasteiger partial charge on any atom is -0.314 e. The minimum absolute atomic E-state index is 0. The Kier molecular flexibility index (Phi) is 8.33. The first kappa shape index (κ1) is 21.6. The van der Waals surface area contributed by atoms with E-state index < -0.39 is 11.7 Å². The molecule has 0 aliphatic carbocycles. The van der Waals surface area contributed by atoms with Gasteiger partial charge in [-0.1, -0.05) is 37.9 Å². The maximum absolute atomic E-state index is 13.5. The molecular weight excluding hydrogens is 360 g/mol. The van der Waals surface area contributed by atoms with E-state index in [-0.39, 0.29) is 29.4 Å². The summed E-state index contributed by atoms with van der Waals surface area (Å²) in [7, 11) is 0. The third kappa shape index (κ3) is 5.25. The highest BCUT2D eigenvalue weighted by atomic mass is 35.5. The van der Waals surface area contributed by atoms with Gasteiger partial charge in [-0.15, -0.1) is 12.4 Å². The van der Waals surface area contributed by atoms with E-state index in [1.54, 1.807) is 12.1 Å². The summed E-state index contributed by atoms with van der Waals surface area (Å²) in [5.74, 6) is 0.153. The van der Waals surface area contributed by atoms with Crippen molar-refractivity contribution in [1.29, 1.82) is 0 Å². The van der Waals surface area contributed by atoms with E-state index in [1.807, 2.05) is 6.92 Å². The molecule has 2 nitrogen and oxygen atoms in total. The third-order valence-corrected chi connectivity index (χ3v) is 4.70. The number of alkyl halides is 3. The van der Waals surface area contributed by atoms with Gasteiger partial charge in [0, 0.05) is 37.2 Å². The maximum atomic E-state index is 13.5. The van der Waals surface area contributed by atoms with Gasteiger partial charge >= 0.3 is 6.18 Å². The molecule has 0 spiro atoms. The lowest BCUT2D eigenvalue weighted by Crippen LogP contribution is -2.47. The van der Waals surface area contributed by atoms with Crippen molar-refractivity contribution in [3.05, 3.63) is 34.3 Å². The fourth-order valence-electron chi connectivity index (χ4n) is 3.47. The number of hydrogen-bond donors (Lipinski definition) is 1. The summed E-state index contributed by atoms with van der Waals surface area (Å²) in [5, 5.41) is 3.39. The van der Waals surface area contributed by atoms with Crippen LogP contribution >= 0.6 is 24.0 Å². The average molecular weight is 385 g/mol. The first-order chi connectivity index (χ1) is 10.8. The van der Waals surface area contributed by atoms with Crippen LogP contribution in [0.5, 0.6) is 0 Å². The molecule has 1 aliphatic rings. The summed E-state index contributed by atoms with van der Waals surface area (Å²) in [4.78, 5) is 2.18. The molecule has 1 heterocycles. The largest absolute Gasteiger partial charge is 0.416 e. The summed E-state index contributed by atoms with van der Waals surface area (Å²) in [5.41, 5.74) is -0.249. The maximum Gasteiger partial charge on any atom is 0.416 e. The van der Waals surface area contributed by atoms with Crippen LogP contribution in [0.1, 0.15) is 43.9 Å². The molecule has 1 unspecified atom stereocenters. The second-order valence-electron chi connectivity index (χ2n) is 6.23. The highest BCUT2D eigenvalue weighted by molar-refractivity contribution is 6.30. The number of nitrogens with zero attached hydrogens (tertiary/aromatic N) is 1. The monoisotopic (exact) mass is 384 g/mol. The van der Waals surface area contributed by atoms with Crippen LogP contribution in [-0.2, 0) is 6.18 Å². The molecule has 2 rings (SSSR count). The van der Waals surface area contributed by atoms with Gasteiger partial charge in [0.05, 0.1) is 5.56 Å². The number of benzene rings is 1. The average Bonchev–Trinajstić information content (AvgIpc) is 2.49. The highest BCUT2D eigenvalue weighted by Crippen LogP contribution is 2.41. The van der Waals surface area contributed by atoms with Crippen molar-refractivity contribution in [1.82, 2.24) is 10.2 Å². The van der Waals surface area contributed by atoms with Crippen molar-refractivity contribution in [2.45, 2.75) is 38.9 Å². The molecule has 1 saturated heterocycles. The number of halogens is 5. The van der Waals surface area contributed by atoms with Crippen LogP contribution < -0.4 is 5.32 Å². The summed E-state index contributed by atoms with van der Waals surface area (Å²) >= 11 is 5.83. The Morgan fingerprint density at radius 2 is 1.88 bits per heavy atom. The molecule has 1 N–H and O–H groups in total. The molecule has 0 saturated carbocycles. The van der Waals surface area contributed by atoms with Crippen LogP contribution in [0.2, 0.25) is 5.02 Å². The van der Waals surface area contributed by atoms with E-state index >= 15 is 0 Å². The van der Waals surface area contributed by atoms with Crippen molar-refractivity contribution < 1.29 is 13.2 Å². The zero-order valence-electron chi connectivity index (χ0n) is 14.0. The topological polar surface area (TPSA) is 15.3 Å². The van der Waals surface area contributed by atoms with Gasteiger partial charge in [-0.05, 0) is 30.0 Å². The van der Waals surface area contributed by atoms with Gasteiger partial charge in [0.15, 0.2) is 0 Å². The highest BCUT2D eigenvalue weighted by Gasteiger charge is 2.38. The Bertz CT molecular complexity index is 517. The lowest BCUT2D eigenvalue weighted by atomic mass is 9.86. The fraction of sp³-hybridized carbons (Fsp3) is 0.647. The number of rotatable bonds is 5. The summed E-state index contributed by atoms with van der Waals surface area (Å²) in [6.45, 7) is 7.26. The van der Waals surface area contributed by atoms with Crippen LogP contribution in [-0.4, -0.2) is 31.1 Å². The predicted octanol–water partition coefficient (Wildman–Crippen LogP) is 5.16. The van der Waals surface area contributed by atoms with Crippen LogP contribution in [0.3, 0.4) is 0 Å². The number of piperazine rings is 1.